The van der Waals surface area contributed by atoms with E-state index in [-0.39, 0.29) is 10.3 Å². The maximum Gasteiger partial charge on any atom is 0.242 e. The van der Waals surface area contributed by atoms with Crippen LogP contribution in [0.4, 0.5) is 5.69 Å². The normalized spacial score (nSPS) is 20.9. The lowest BCUT2D eigenvalue weighted by atomic mass is 10.0. The lowest BCUT2D eigenvalue weighted by Crippen LogP contribution is -2.32. The van der Waals surface area contributed by atoms with Crippen LogP contribution in [0.1, 0.15) is 36.8 Å². The minimum atomic E-state index is -3.52. The largest absolute Gasteiger partial charge is 0.397 e. The summed E-state index contributed by atoms with van der Waals surface area (Å²) in [6.45, 7) is 4.19. The Morgan fingerprint density at radius 2 is 1.85 bits per heavy atom. The van der Waals surface area contributed by atoms with E-state index in [2.05, 4.69) is 4.72 Å². The number of rotatable bonds is 5. The molecule has 0 atom stereocenters. The first-order valence-electron chi connectivity index (χ1n) is 7.21. The van der Waals surface area contributed by atoms with Crippen molar-refractivity contribution in [2.75, 3.05) is 12.3 Å². The molecule has 1 aromatic carbocycles. The molecule has 0 saturated heterocycles. The fourth-order valence-electron chi connectivity index (χ4n) is 3.06. The molecule has 2 fully saturated rings. The summed E-state index contributed by atoms with van der Waals surface area (Å²) in [5, 5.41) is 0. The van der Waals surface area contributed by atoms with Gasteiger partial charge in [0.05, 0.1) is 5.69 Å². The monoisotopic (exact) mass is 294 g/mol. The summed E-state index contributed by atoms with van der Waals surface area (Å²) in [7, 11) is -3.52. The molecule has 1 aromatic rings. The third-order valence-electron chi connectivity index (χ3n) is 4.83. The maximum absolute atomic E-state index is 12.6. The molecule has 2 aliphatic carbocycles. The molecule has 0 radical (unpaired) electrons. The number of benzene rings is 1. The predicted molar refractivity (Wildman–Crippen MR) is 79.9 cm³/mol. The molecule has 2 saturated carbocycles. The number of nitrogens with one attached hydrogen (secondary N) is 1. The Balaban J connectivity index is 1.83. The van der Waals surface area contributed by atoms with Gasteiger partial charge in [0.2, 0.25) is 10.0 Å². The van der Waals surface area contributed by atoms with Crippen molar-refractivity contribution in [3.05, 3.63) is 23.3 Å². The number of hydrogen-bond donors (Lipinski definition) is 2. The number of nitrogens with two attached hydrogens (primary N) is 1. The number of sulfonamides is 1. The van der Waals surface area contributed by atoms with Crippen LogP contribution in [0.15, 0.2) is 17.0 Å². The van der Waals surface area contributed by atoms with Gasteiger partial charge in [0.1, 0.15) is 4.90 Å². The Morgan fingerprint density at radius 3 is 2.40 bits per heavy atom. The van der Waals surface area contributed by atoms with Crippen LogP contribution in [0.5, 0.6) is 0 Å². The fraction of sp³-hybridized carbons (Fsp3) is 0.600. The van der Waals surface area contributed by atoms with E-state index in [1.807, 2.05) is 19.1 Å². The first-order chi connectivity index (χ1) is 9.36. The molecule has 0 aliphatic heterocycles. The van der Waals surface area contributed by atoms with Gasteiger partial charge in [-0.05, 0) is 62.0 Å². The van der Waals surface area contributed by atoms with Crippen molar-refractivity contribution >= 4 is 15.7 Å². The van der Waals surface area contributed by atoms with Crippen LogP contribution in [0.25, 0.3) is 0 Å². The molecule has 2 aliphatic rings. The van der Waals surface area contributed by atoms with Gasteiger partial charge in [-0.1, -0.05) is 12.1 Å². The first-order valence-corrected chi connectivity index (χ1v) is 8.69. The lowest BCUT2D eigenvalue weighted by Gasteiger charge is -2.17. The summed E-state index contributed by atoms with van der Waals surface area (Å²) in [4.78, 5) is 0.254. The van der Waals surface area contributed by atoms with E-state index >= 15 is 0 Å². The van der Waals surface area contributed by atoms with E-state index < -0.39 is 10.0 Å². The summed E-state index contributed by atoms with van der Waals surface area (Å²) in [5.41, 5.74) is 8.11. The van der Waals surface area contributed by atoms with Crippen molar-refractivity contribution in [1.82, 2.24) is 4.72 Å². The van der Waals surface area contributed by atoms with Crippen LogP contribution < -0.4 is 10.5 Å². The Kier molecular flexibility index (Phi) is 3.10. The highest BCUT2D eigenvalue weighted by Crippen LogP contribution is 2.60. The second-order valence-electron chi connectivity index (χ2n) is 6.40. The van der Waals surface area contributed by atoms with Gasteiger partial charge in [0.25, 0.3) is 0 Å². The van der Waals surface area contributed by atoms with Crippen molar-refractivity contribution in [2.45, 2.75) is 44.4 Å². The average Bonchev–Trinajstić information content (AvgIpc) is 3.25. The number of nitrogen functional groups attached to an aromatic ring is 1. The predicted octanol–water partition coefficient (Wildman–Crippen LogP) is 2.35. The van der Waals surface area contributed by atoms with E-state index in [9.17, 15) is 8.42 Å². The summed E-state index contributed by atoms with van der Waals surface area (Å²) >= 11 is 0. The first kappa shape index (κ1) is 13.9. The summed E-state index contributed by atoms with van der Waals surface area (Å²) < 4.78 is 27.9. The topological polar surface area (TPSA) is 72.2 Å². The highest BCUT2D eigenvalue weighted by molar-refractivity contribution is 7.89. The van der Waals surface area contributed by atoms with E-state index in [1.54, 1.807) is 6.92 Å². The highest BCUT2D eigenvalue weighted by Gasteiger charge is 2.53. The van der Waals surface area contributed by atoms with E-state index in [0.29, 0.717) is 17.8 Å². The van der Waals surface area contributed by atoms with Crippen molar-refractivity contribution in [3.63, 3.8) is 0 Å². The van der Waals surface area contributed by atoms with Gasteiger partial charge in [-0.2, -0.15) is 0 Å². The zero-order valence-electron chi connectivity index (χ0n) is 12.1. The molecule has 0 bridgehead atoms. The Bertz CT molecular complexity index is 644. The number of aryl methyl sites for hydroxylation is 2. The van der Waals surface area contributed by atoms with Gasteiger partial charge < -0.3 is 5.73 Å². The number of hydrogen-bond acceptors (Lipinski definition) is 3. The zero-order valence-corrected chi connectivity index (χ0v) is 12.9. The molecule has 0 amide bonds. The van der Waals surface area contributed by atoms with Crippen LogP contribution >= 0.6 is 0 Å². The zero-order chi connectivity index (χ0) is 14.5. The molecule has 20 heavy (non-hydrogen) atoms. The van der Waals surface area contributed by atoms with Gasteiger partial charge in [-0.15, -0.1) is 0 Å². The summed E-state index contributed by atoms with van der Waals surface area (Å²) in [6.07, 6.45) is 4.83. The molecule has 3 rings (SSSR count). The molecule has 5 heteroatoms. The molecular weight excluding hydrogens is 272 g/mol. The van der Waals surface area contributed by atoms with Crippen LogP contribution in [0.3, 0.4) is 0 Å². The second kappa shape index (κ2) is 4.46. The SMILES string of the molecule is Cc1ccc(C)c(S(=O)(=O)NCC2(C3CC3)CC2)c1N. The molecule has 3 N–H and O–H groups in total. The smallest absolute Gasteiger partial charge is 0.242 e. The van der Waals surface area contributed by atoms with Gasteiger partial charge in [0, 0.05) is 6.54 Å². The van der Waals surface area contributed by atoms with Crippen molar-refractivity contribution < 1.29 is 8.42 Å². The van der Waals surface area contributed by atoms with E-state index in [1.165, 1.54) is 12.8 Å². The molecule has 4 nitrogen and oxygen atoms in total. The minimum Gasteiger partial charge on any atom is -0.397 e. The third kappa shape index (κ3) is 2.33. The van der Waals surface area contributed by atoms with Crippen molar-refractivity contribution in [2.24, 2.45) is 11.3 Å². The average molecular weight is 294 g/mol. The second-order valence-corrected chi connectivity index (χ2v) is 8.11. The van der Waals surface area contributed by atoms with E-state index in [0.717, 1.165) is 24.3 Å². The minimum absolute atomic E-state index is 0.250. The molecule has 0 unspecified atom stereocenters. The van der Waals surface area contributed by atoms with Gasteiger partial charge >= 0.3 is 0 Å². The van der Waals surface area contributed by atoms with Crippen molar-refractivity contribution in [3.8, 4) is 0 Å². The molecular formula is C15H22N2O2S. The summed E-state index contributed by atoms with van der Waals surface area (Å²) in [5.74, 6) is 0.737. The van der Waals surface area contributed by atoms with Crippen LogP contribution in [-0.4, -0.2) is 15.0 Å². The third-order valence-corrected chi connectivity index (χ3v) is 6.43. The quantitative estimate of drug-likeness (QED) is 0.819. The highest BCUT2D eigenvalue weighted by atomic mass is 32.2. The lowest BCUT2D eigenvalue weighted by molar-refractivity contribution is 0.432. The van der Waals surface area contributed by atoms with E-state index in [4.69, 9.17) is 5.73 Å². The van der Waals surface area contributed by atoms with Crippen LogP contribution in [0, 0.1) is 25.2 Å². The van der Waals surface area contributed by atoms with Gasteiger partial charge in [-0.3, -0.25) is 0 Å². The Hall–Kier alpha value is -1.07. The molecule has 0 aromatic heterocycles. The van der Waals surface area contributed by atoms with Crippen molar-refractivity contribution in [1.29, 1.82) is 0 Å². The van der Waals surface area contributed by atoms with Crippen LogP contribution in [0.2, 0.25) is 0 Å². The Morgan fingerprint density at radius 1 is 1.25 bits per heavy atom. The summed E-state index contributed by atoms with van der Waals surface area (Å²) in [6, 6.07) is 3.67. The molecule has 0 heterocycles. The molecule has 110 valence electrons. The standard InChI is InChI=1S/C15H22N2O2S/c1-10-3-4-11(2)14(13(10)16)20(18,19)17-9-15(7-8-15)12-5-6-12/h3-4,12,17H,5-9,16H2,1-2H3. The fourth-order valence-corrected chi connectivity index (χ4v) is 4.62. The molecule has 0 spiro atoms. The van der Waals surface area contributed by atoms with Crippen LogP contribution in [-0.2, 0) is 10.0 Å². The van der Waals surface area contributed by atoms with Gasteiger partial charge in [-0.25, -0.2) is 13.1 Å². The Labute approximate surface area is 120 Å². The number of anilines is 1. The van der Waals surface area contributed by atoms with Gasteiger partial charge in [0.15, 0.2) is 0 Å². The maximum atomic E-state index is 12.6.